The third kappa shape index (κ3) is 4.13. The normalized spacial score (nSPS) is 10.7. The first-order valence-electron chi connectivity index (χ1n) is 5.93. The Balaban J connectivity index is 2.09. The van der Waals surface area contributed by atoms with Gasteiger partial charge in [-0.25, -0.2) is 0 Å². The summed E-state index contributed by atoms with van der Waals surface area (Å²) in [7, 11) is 1.76. The molecule has 7 heteroatoms. The summed E-state index contributed by atoms with van der Waals surface area (Å²) < 4.78 is 10.8. The van der Waals surface area contributed by atoms with Crippen molar-refractivity contribution in [2.45, 2.75) is 30.9 Å². The van der Waals surface area contributed by atoms with Gasteiger partial charge in [0.05, 0.1) is 18.1 Å². The van der Waals surface area contributed by atoms with Crippen LogP contribution in [0, 0.1) is 0 Å². The number of anilines is 1. The van der Waals surface area contributed by atoms with E-state index in [2.05, 4.69) is 20.3 Å². The van der Waals surface area contributed by atoms with Crippen LogP contribution in [0.1, 0.15) is 19.6 Å². The molecule has 0 radical (unpaired) electrons. The van der Waals surface area contributed by atoms with Crippen LogP contribution in [0.3, 0.4) is 0 Å². The lowest BCUT2D eigenvalue weighted by Gasteiger charge is -2.09. The Kier molecular flexibility index (Phi) is 4.62. The third-order valence-corrected chi connectivity index (χ3v) is 2.95. The first kappa shape index (κ1) is 13.7. The first-order chi connectivity index (χ1) is 9.17. The minimum absolute atomic E-state index is 0.0232. The summed E-state index contributed by atoms with van der Waals surface area (Å²) in [5.41, 5.74) is 0. The maximum atomic E-state index is 5.50. The molecule has 2 heterocycles. The standard InChI is InChI=1S/C12H16N4O2S/c1-8(2)18-11-14-10(13-3)15-12(16-11)19-7-9-5-4-6-17-9/h4-6,8H,7H2,1-3H3,(H,13,14,15,16). The van der Waals surface area contributed by atoms with E-state index in [0.29, 0.717) is 22.9 Å². The molecule has 0 amide bonds. The fourth-order valence-electron chi connectivity index (χ4n) is 1.31. The number of aromatic nitrogens is 3. The molecule has 0 saturated carbocycles. The summed E-state index contributed by atoms with van der Waals surface area (Å²) in [6, 6.07) is 4.10. The van der Waals surface area contributed by atoms with Crippen LogP contribution in [0.25, 0.3) is 0 Å². The molecule has 2 aromatic rings. The van der Waals surface area contributed by atoms with Gasteiger partial charge in [-0.15, -0.1) is 0 Å². The van der Waals surface area contributed by atoms with E-state index in [-0.39, 0.29) is 6.10 Å². The smallest absolute Gasteiger partial charge is 0.322 e. The first-order valence-corrected chi connectivity index (χ1v) is 6.91. The number of hydrogen-bond acceptors (Lipinski definition) is 7. The number of nitrogens with one attached hydrogen (secondary N) is 1. The maximum Gasteiger partial charge on any atom is 0.322 e. The van der Waals surface area contributed by atoms with Crippen molar-refractivity contribution in [2.75, 3.05) is 12.4 Å². The maximum absolute atomic E-state index is 5.50. The van der Waals surface area contributed by atoms with Gasteiger partial charge in [-0.3, -0.25) is 0 Å². The number of furan rings is 1. The van der Waals surface area contributed by atoms with Gasteiger partial charge in [0.15, 0.2) is 5.16 Å². The van der Waals surface area contributed by atoms with Gasteiger partial charge >= 0.3 is 6.01 Å². The summed E-state index contributed by atoms with van der Waals surface area (Å²) in [6.45, 7) is 3.86. The van der Waals surface area contributed by atoms with Crippen LogP contribution in [-0.2, 0) is 5.75 Å². The number of thioether (sulfide) groups is 1. The van der Waals surface area contributed by atoms with Crippen molar-refractivity contribution in [3.63, 3.8) is 0 Å². The number of ether oxygens (including phenoxy) is 1. The lowest BCUT2D eigenvalue weighted by atomic mass is 10.5. The fraction of sp³-hybridized carbons (Fsp3) is 0.417. The Morgan fingerprint density at radius 3 is 2.84 bits per heavy atom. The molecule has 0 spiro atoms. The van der Waals surface area contributed by atoms with Gasteiger partial charge in [0.2, 0.25) is 5.95 Å². The molecule has 2 rings (SSSR count). The zero-order chi connectivity index (χ0) is 13.7. The van der Waals surface area contributed by atoms with Crippen molar-refractivity contribution < 1.29 is 9.15 Å². The molecule has 0 aliphatic rings. The largest absolute Gasteiger partial charge is 0.468 e. The van der Waals surface area contributed by atoms with Crippen molar-refractivity contribution in [2.24, 2.45) is 0 Å². The lowest BCUT2D eigenvalue weighted by molar-refractivity contribution is 0.219. The molecule has 2 aromatic heterocycles. The number of nitrogens with zero attached hydrogens (tertiary/aromatic N) is 3. The zero-order valence-electron chi connectivity index (χ0n) is 11.1. The predicted molar refractivity (Wildman–Crippen MR) is 73.4 cm³/mol. The summed E-state index contributed by atoms with van der Waals surface area (Å²) in [6.07, 6.45) is 1.67. The van der Waals surface area contributed by atoms with Crippen molar-refractivity contribution in [1.82, 2.24) is 15.0 Å². The van der Waals surface area contributed by atoms with E-state index in [9.17, 15) is 0 Å². The van der Waals surface area contributed by atoms with Crippen LogP contribution in [-0.4, -0.2) is 28.1 Å². The molecule has 0 aromatic carbocycles. The summed E-state index contributed by atoms with van der Waals surface area (Å²) in [5.74, 6) is 2.04. The Bertz CT molecular complexity index is 516. The molecule has 0 bridgehead atoms. The molecular formula is C12H16N4O2S. The Morgan fingerprint density at radius 2 is 2.21 bits per heavy atom. The highest BCUT2D eigenvalue weighted by molar-refractivity contribution is 7.98. The summed E-state index contributed by atoms with van der Waals surface area (Å²) >= 11 is 1.47. The highest BCUT2D eigenvalue weighted by Crippen LogP contribution is 2.22. The van der Waals surface area contributed by atoms with Crippen molar-refractivity contribution in [3.05, 3.63) is 24.2 Å². The Morgan fingerprint density at radius 1 is 1.37 bits per heavy atom. The van der Waals surface area contributed by atoms with E-state index < -0.39 is 0 Å². The van der Waals surface area contributed by atoms with E-state index in [0.717, 1.165) is 5.76 Å². The summed E-state index contributed by atoms with van der Waals surface area (Å²) in [5, 5.41) is 3.50. The predicted octanol–water partition coefficient (Wildman–Crippen LogP) is 2.59. The molecule has 0 saturated heterocycles. The van der Waals surface area contributed by atoms with Gasteiger partial charge in [0.1, 0.15) is 5.76 Å². The molecule has 102 valence electrons. The molecule has 19 heavy (non-hydrogen) atoms. The van der Waals surface area contributed by atoms with Crippen LogP contribution < -0.4 is 10.1 Å². The van der Waals surface area contributed by atoms with Crippen molar-refractivity contribution in [3.8, 4) is 6.01 Å². The SMILES string of the molecule is CNc1nc(OC(C)C)nc(SCc2ccco2)n1. The van der Waals surface area contributed by atoms with Crippen LogP contribution in [0.5, 0.6) is 6.01 Å². The van der Waals surface area contributed by atoms with Crippen LogP contribution in [0.4, 0.5) is 5.95 Å². The average Bonchev–Trinajstić information content (AvgIpc) is 2.88. The second-order valence-corrected chi connectivity index (χ2v) is 4.95. The van der Waals surface area contributed by atoms with E-state index in [1.807, 2.05) is 26.0 Å². The molecule has 0 aliphatic heterocycles. The van der Waals surface area contributed by atoms with Crippen LogP contribution in [0.15, 0.2) is 28.0 Å². The van der Waals surface area contributed by atoms with Gasteiger partial charge in [0, 0.05) is 7.05 Å². The molecule has 1 N–H and O–H groups in total. The van der Waals surface area contributed by atoms with Gasteiger partial charge in [-0.1, -0.05) is 11.8 Å². The number of hydrogen-bond donors (Lipinski definition) is 1. The van der Waals surface area contributed by atoms with Crippen LogP contribution >= 0.6 is 11.8 Å². The van der Waals surface area contributed by atoms with E-state index >= 15 is 0 Å². The van der Waals surface area contributed by atoms with E-state index in [1.165, 1.54) is 11.8 Å². The van der Waals surface area contributed by atoms with Gasteiger partial charge in [-0.05, 0) is 26.0 Å². The fourth-order valence-corrected chi connectivity index (χ4v) is 2.04. The highest BCUT2D eigenvalue weighted by atomic mass is 32.2. The van der Waals surface area contributed by atoms with Crippen LogP contribution in [0.2, 0.25) is 0 Å². The average molecular weight is 280 g/mol. The van der Waals surface area contributed by atoms with E-state index in [4.69, 9.17) is 9.15 Å². The second-order valence-electron chi connectivity index (χ2n) is 4.01. The molecule has 0 atom stereocenters. The molecule has 0 aliphatic carbocycles. The Labute approximate surface area is 116 Å². The summed E-state index contributed by atoms with van der Waals surface area (Å²) in [4.78, 5) is 12.7. The highest BCUT2D eigenvalue weighted by Gasteiger charge is 2.09. The lowest BCUT2D eigenvalue weighted by Crippen LogP contribution is -2.11. The van der Waals surface area contributed by atoms with Crippen molar-refractivity contribution in [1.29, 1.82) is 0 Å². The van der Waals surface area contributed by atoms with E-state index in [1.54, 1.807) is 13.3 Å². The minimum Gasteiger partial charge on any atom is -0.468 e. The zero-order valence-corrected chi connectivity index (χ0v) is 11.9. The molecule has 0 unspecified atom stereocenters. The molecule has 0 fully saturated rings. The Hall–Kier alpha value is -1.76. The van der Waals surface area contributed by atoms with Gasteiger partial charge in [0.25, 0.3) is 0 Å². The third-order valence-electron chi connectivity index (χ3n) is 2.08. The molecule has 6 nitrogen and oxygen atoms in total. The minimum atomic E-state index is 0.0232. The monoisotopic (exact) mass is 280 g/mol. The second kappa shape index (κ2) is 6.42. The van der Waals surface area contributed by atoms with Gasteiger partial charge in [-0.2, -0.15) is 15.0 Å². The van der Waals surface area contributed by atoms with Crippen molar-refractivity contribution >= 4 is 17.7 Å². The number of rotatable bonds is 6. The molecular weight excluding hydrogens is 264 g/mol. The topological polar surface area (TPSA) is 73.1 Å². The quantitative estimate of drug-likeness (QED) is 0.815. The van der Waals surface area contributed by atoms with Gasteiger partial charge < -0.3 is 14.5 Å².